The molecule has 110 valence electrons. The Morgan fingerprint density at radius 2 is 1.79 bits per heavy atom. The highest BCUT2D eigenvalue weighted by molar-refractivity contribution is 5.82. The molecule has 0 aliphatic carbocycles. The van der Waals surface area contributed by atoms with Gasteiger partial charge in [-0.25, -0.2) is 0 Å². The van der Waals surface area contributed by atoms with Crippen LogP contribution in [0.3, 0.4) is 0 Å². The minimum atomic E-state index is -0.328. The molecule has 0 bridgehead atoms. The molecule has 0 aromatic rings. The van der Waals surface area contributed by atoms with Crippen molar-refractivity contribution in [2.24, 2.45) is 11.3 Å². The van der Waals surface area contributed by atoms with Crippen LogP contribution in [0.15, 0.2) is 0 Å². The van der Waals surface area contributed by atoms with Crippen molar-refractivity contribution in [3.8, 4) is 0 Å². The normalized spacial score (nSPS) is 19.1. The van der Waals surface area contributed by atoms with Gasteiger partial charge in [-0.15, -0.1) is 0 Å². The van der Waals surface area contributed by atoms with Crippen LogP contribution in [0.25, 0.3) is 0 Å². The second kappa shape index (κ2) is 6.40. The summed E-state index contributed by atoms with van der Waals surface area (Å²) in [6.07, 6.45) is 2.52. The molecule has 0 aromatic heterocycles. The predicted octanol–water partition coefficient (Wildman–Crippen LogP) is 2.19. The number of hydrogen-bond donors (Lipinski definition) is 1. The Kier molecular flexibility index (Phi) is 5.39. The van der Waals surface area contributed by atoms with E-state index < -0.39 is 0 Å². The number of nitrogens with one attached hydrogen (secondary N) is 1. The van der Waals surface area contributed by atoms with Crippen molar-refractivity contribution < 1.29 is 9.59 Å². The molecule has 1 fully saturated rings. The lowest BCUT2D eigenvalue weighted by Gasteiger charge is -2.35. The van der Waals surface area contributed by atoms with Crippen molar-refractivity contribution in [1.29, 1.82) is 0 Å². The lowest BCUT2D eigenvalue weighted by molar-refractivity contribution is -0.142. The van der Waals surface area contributed by atoms with Gasteiger partial charge in [-0.2, -0.15) is 0 Å². The summed E-state index contributed by atoms with van der Waals surface area (Å²) >= 11 is 0. The van der Waals surface area contributed by atoms with Gasteiger partial charge >= 0.3 is 0 Å². The molecule has 1 N–H and O–H groups in total. The van der Waals surface area contributed by atoms with Gasteiger partial charge in [-0.3, -0.25) is 9.59 Å². The average molecular weight is 268 g/mol. The molecule has 1 rings (SSSR count). The zero-order valence-corrected chi connectivity index (χ0v) is 13.0. The summed E-state index contributed by atoms with van der Waals surface area (Å²) < 4.78 is 0. The summed E-state index contributed by atoms with van der Waals surface area (Å²) in [5.41, 5.74) is -0.328. The molecule has 2 amide bonds. The molecule has 0 spiro atoms. The van der Waals surface area contributed by atoms with E-state index in [1.807, 2.05) is 32.6 Å². The Morgan fingerprint density at radius 1 is 1.26 bits per heavy atom. The number of amides is 2. The fourth-order valence-electron chi connectivity index (χ4n) is 2.28. The van der Waals surface area contributed by atoms with Crippen molar-refractivity contribution >= 4 is 11.8 Å². The molecule has 1 saturated heterocycles. The third kappa shape index (κ3) is 4.51. The van der Waals surface area contributed by atoms with E-state index in [1.165, 1.54) is 0 Å². The fourth-order valence-corrected chi connectivity index (χ4v) is 2.28. The monoisotopic (exact) mass is 268 g/mol. The lowest BCUT2D eigenvalue weighted by atomic mass is 9.90. The van der Waals surface area contributed by atoms with Crippen LogP contribution < -0.4 is 5.32 Å². The van der Waals surface area contributed by atoms with Crippen molar-refractivity contribution in [2.75, 3.05) is 13.1 Å². The topological polar surface area (TPSA) is 49.4 Å². The molecule has 0 aromatic carbocycles. The average Bonchev–Trinajstić information content (AvgIpc) is 2.36. The van der Waals surface area contributed by atoms with Crippen LogP contribution in [0, 0.1) is 11.3 Å². The largest absolute Gasteiger partial charge is 0.353 e. The number of piperidine rings is 1. The zero-order chi connectivity index (χ0) is 14.6. The molecule has 4 nitrogen and oxygen atoms in total. The van der Waals surface area contributed by atoms with Crippen molar-refractivity contribution in [3.05, 3.63) is 0 Å². The SMILES string of the molecule is CC[C@@H](C)NC(=O)C1CCN(C(=O)C(C)(C)C)CC1. The summed E-state index contributed by atoms with van der Waals surface area (Å²) in [4.78, 5) is 26.1. The second-order valence-corrected chi connectivity index (χ2v) is 6.63. The van der Waals surface area contributed by atoms with Crippen molar-refractivity contribution in [1.82, 2.24) is 10.2 Å². The van der Waals surface area contributed by atoms with Crippen LogP contribution in [0.2, 0.25) is 0 Å². The quantitative estimate of drug-likeness (QED) is 0.853. The van der Waals surface area contributed by atoms with E-state index in [4.69, 9.17) is 0 Å². The molecule has 0 unspecified atom stereocenters. The zero-order valence-electron chi connectivity index (χ0n) is 13.0. The van der Waals surface area contributed by atoms with Crippen LogP contribution >= 0.6 is 0 Å². The highest BCUT2D eigenvalue weighted by Crippen LogP contribution is 2.23. The lowest BCUT2D eigenvalue weighted by Crippen LogP contribution is -2.47. The Labute approximate surface area is 116 Å². The standard InChI is InChI=1S/C15H28N2O2/c1-6-11(2)16-13(18)12-7-9-17(10-8-12)14(19)15(3,4)5/h11-12H,6-10H2,1-5H3,(H,16,18)/t11-/m1/s1. The van der Waals surface area contributed by atoms with Gasteiger partial charge in [0.25, 0.3) is 0 Å². The summed E-state index contributed by atoms with van der Waals surface area (Å²) in [6.45, 7) is 11.3. The fraction of sp³-hybridized carbons (Fsp3) is 0.867. The third-order valence-electron chi connectivity index (χ3n) is 3.80. The minimum Gasteiger partial charge on any atom is -0.353 e. The van der Waals surface area contributed by atoms with Gasteiger partial charge in [-0.1, -0.05) is 27.7 Å². The third-order valence-corrected chi connectivity index (χ3v) is 3.80. The molecule has 19 heavy (non-hydrogen) atoms. The van der Waals surface area contributed by atoms with Gasteiger partial charge in [0.1, 0.15) is 0 Å². The van der Waals surface area contributed by atoms with Crippen LogP contribution in [-0.2, 0) is 9.59 Å². The molecule has 0 radical (unpaired) electrons. The first-order valence-corrected chi connectivity index (χ1v) is 7.35. The van der Waals surface area contributed by atoms with Gasteiger partial charge in [0.15, 0.2) is 0 Å². The molecule has 4 heteroatoms. The van der Waals surface area contributed by atoms with E-state index in [9.17, 15) is 9.59 Å². The maximum atomic E-state index is 12.1. The van der Waals surface area contributed by atoms with Crippen molar-refractivity contribution in [3.63, 3.8) is 0 Å². The predicted molar refractivity (Wildman–Crippen MR) is 76.7 cm³/mol. The molecule has 1 atom stereocenters. The summed E-state index contributed by atoms with van der Waals surface area (Å²) in [5.74, 6) is 0.406. The first-order chi connectivity index (χ1) is 8.75. The van der Waals surface area contributed by atoms with Gasteiger partial charge in [0.2, 0.25) is 11.8 Å². The van der Waals surface area contributed by atoms with E-state index in [0.29, 0.717) is 13.1 Å². The van der Waals surface area contributed by atoms with E-state index in [1.54, 1.807) is 0 Å². The van der Waals surface area contributed by atoms with Crippen molar-refractivity contribution in [2.45, 2.75) is 59.9 Å². The molecule has 1 aliphatic rings. The number of carbonyl (C=O) groups is 2. The van der Waals surface area contributed by atoms with E-state index in [0.717, 1.165) is 19.3 Å². The number of likely N-dealkylation sites (tertiary alicyclic amines) is 1. The number of nitrogens with zero attached hydrogens (tertiary/aromatic N) is 1. The Morgan fingerprint density at radius 3 is 2.21 bits per heavy atom. The molecule has 1 aliphatic heterocycles. The van der Waals surface area contributed by atoms with Gasteiger partial charge in [0.05, 0.1) is 0 Å². The van der Waals surface area contributed by atoms with Crippen LogP contribution in [0.4, 0.5) is 0 Å². The van der Waals surface area contributed by atoms with Gasteiger partial charge in [0, 0.05) is 30.5 Å². The van der Waals surface area contributed by atoms with Gasteiger partial charge in [-0.05, 0) is 26.2 Å². The van der Waals surface area contributed by atoms with E-state index >= 15 is 0 Å². The maximum Gasteiger partial charge on any atom is 0.227 e. The summed E-state index contributed by atoms with van der Waals surface area (Å²) in [6, 6.07) is 0.238. The minimum absolute atomic E-state index is 0.0676. The highest BCUT2D eigenvalue weighted by atomic mass is 16.2. The molecule has 1 heterocycles. The molecular weight excluding hydrogens is 240 g/mol. The maximum absolute atomic E-state index is 12.1. The number of carbonyl (C=O) groups excluding carboxylic acids is 2. The van der Waals surface area contributed by atoms with Crippen LogP contribution in [-0.4, -0.2) is 35.8 Å². The first-order valence-electron chi connectivity index (χ1n) is 7.35. The molecule has 0 saturated carbocycles. The Balaban J connectivity index is 2.45. The molecular formula is C15H28N2O2. The smallest absolute Gasteiger partial charge is 0.227 e. The number of rotatable bonds is 3. The highest BCUT2D eigenvalue weighted by Gasteiger charge is 2.32. The summed E-state index contributed by atoms with van der Waals surface area (Å²) in [5, 5.41) is 3.03. The van der Waals surface area contributed by atoms with E-state index in [-0.39, 0.29) is 29.2 Å². The first kappa shape index (κ1) is 16.0. The second-order valence-electron chi connectivity index (χ2n) is 6.63. The van der Waals surface area contributed by atoms with E-state index in [2.05, 4.69) is 12.2 Å². The van der Waals surface area contributed by atoms with Gasteiger partial charge < -0.3 is 10.2 Å². The Bertz CT molecular complexity index is 326. The Hall–Kier alpha value is -1.06. The van der Waals surface area contributed by atoms with Crippen LogP contribution in [0.1, 0.15) is 53.9 Å². The van der Waals surface area contributed by atoms with Crippen LogP contribution in [0.5, 0.6) is 0 Å². The number of hydrogen-bond acceptors (Lipinski definition) is 2. The summed E-state index contributed by atoms with van der Waals surface area (Å²) in [7, 11) is 0.